The molecular formula is C10H10F3NO. The first-order valence-electron chi connectivity index (χ1n) is 4.57. The molecule has 2 atom stereocenters. The summed E-state index contributed by atoms with van der Waals surface area (Å²) in [6.45, 7) is 0. The number of halogens is 3. The molecule has 82 valence electrons. The Hall–Kier alpha value is -1.23. The fourth-order valence-corrected chi connectivity index (χ4v) is 1.51. The maximum atomic E-state index is 11.8. The molecule has 5 heteroatoms. The third-order valence-corrected chi connectivity index (χ3v) is 2.38. The first-order valence-corrected chi connectivity index (χ1v) is 4.57. The highest BCUT2D eigenvalue weighted by Gasteiger charge is 2.35. The van der Waals surface area contributed by atoms with Crippen LogP contribution in [-0.4, -0.2) is 12.4 Å². The van der Waals surface area contributed by atoms with Crippen LogP contribution in [0.3, 0.4) is 0 Å². The van der Waals surface area contributed by atoms with Crippen molar-refractivity contribution in [3.8, 4) is 5.75 Å². The van der Waals surface area contributed by atoms with Crippen molar-refractivity contribution >= 4 is 0 Å². The Kier molecular flexibility index (Phi) is 2.34. The van der Waals surface area contributed by atoms with Crippen LogP contribution in [0.5, 0.6) is 5.75 Å². The van der Waals surface area contributed by atoms with E-state index in [1.165, 1.54) is 12.1 Å². The first kappa shape index (κ1) is 10.3. The number of alkyl halides is 3. The van der Waals surface area contributed by atoms with Gasteiger partial charge in [0.1, 0.15) is 5.75 Å². The summed E-state index contributed by atoms with van der Waals surface area (Å²) >= 11 is 0. The smallest absolute Gasteiger partial charge is 0.406 e. The molecule has 0 bridgehead atoms. The van der Waals surface area contributed by atoms with Crippen molar-refractivity contribution in [2.75, 3.05) is 0 Å². The molecule has 1 aliphatic carbocycles. The lowest BCUT2D eigenvalue weighted by Gasteiger charge is -2.08. The molecule has 1 aromatic carbocycles. The normalized spacial score (nSPS) is 25.1. The van der Waals surface area contributed by atoms with Crippen molar-refractivity contribution in [3.63, 3.8) is 0 Å². The number of rotatable bonds is 2. The van der Waals surface area contributed by atoms with Crippen LogP contribution in [-0.2, 0) is 0 Å². The minimum atomic E-state index is -4.63. The van der Waals surface area contributed by atoms with Gasteiger partial charge in [-0.2, -0.15) is 0 Å². The van der Waals surface area contributed by atoms with Crippen LogP contribution in [0.15, 0.2) is 24.3 Å². The zero-order valence-corrected chi connectivity index (χ0v) is 7.79. The average molecular weight is 217 g/mol. The maximum absolute atomic E-state index is 11.8. The third-order valence-electron chi connectivity index (χ3n) is 2.38. The molecule has 2 nitrogen and oxygen atoms in total. The lowest BCUT2D eigenvalue weighted by atomic mass is 10.1. The molecular weight excluding hydrogens is 207 g/mol. The van der Waals surface area contributed by atoms with Gasteiger partial charge in [0, 0.05) is 12.0 Å². The van der Waals surface area contributed by atoms with Crippen LogP contribution in [0.4, 0.5) is 13.2 Å². The number of nitrogens with two attached hydrogens (primary N) is 1. The summed E-state index contributed by atoms with van der Waals surface area (Å²) in [5.41, 5.74) is 6.60. The Morgan fingerprint density at radius 3 is 2.13 bits per heavy atom. The summed E-state index contributed by atoms with van der Waals surface area (Å²) in [5, 5.41) is 0. The monoisotopic (exact) mass is 217 g/mol. The van der Waals surface area contributed by atoms with Gasteiger partial charge in [-0.3, -0.25) is 0 Å². The SMILES string of the molecule is NC1CC1c1ccc(OC(F)(F)F)cc1. The van der Waals surface area contributed by atoms with E-state index in [0.717, 1.165) is 12.0 Å². The van der Waals surface area contributed by atoms with E-state index in [-0.39, 0.29) is 11.8 Å². The predicted molar refractivity (Wildman–Crippen MR) is 48.5 cm³/mol. The minimum Gasteiger partial charge on any atom is -0.406 e. The van der Waals surface area contributed by atoms with Crippen molar-refractivity contribution in [2.24, 2.45) is 5.73 Å². The van der Waals surface area contributed by atoms with Crippen molar-refractivity contribution in [2.45, 2.75) is 24.7 Å². The van der Waals surface area contributed by atoms with Crippen molar-refractivity contribution in [1.29, 1.82) is 0 Å². The molecule has 1 aromatic rings. The van der Waals surface area contributed by atoms with Crippen LogP contribution in [0.25, 0.3) is 0 Å². The second-order valence-electron chi connectivity index (χ2n) is 3.62. The molecule has 0 saturated heterocycles. The van der Waals surface area contributed by atoms with Gasteiger partial charge in [0.2, 0.25) is 0 Å². The van der Waals surface area contributed by atoms with E-state index < -0.39 is 6.36 Å². The van der Waals surface area contributed by atoms with Crippen molar-refractivity contribution < 1.29 is 17.9 Å². The zero-order chi connectivity index (χ0) is 11.1. The van der Waals surface area contributed by atoms with Crippen LogP contribution in [0.2, 0.25) is 0 Å². The topological polar surface area (TPSA) is 35.2 Å². The molecule has 2 rings (SSSR count). The average Bonchev–Trinajstić information content (AvgIpc) is 2.81. The summed E-state index contributed by atoms with van der Waals surface area (Å²) in [5.74, 6) is 0.102. The lowest BCUT2D eigenvalue weighted by Crippen LogP contribution is -2.17. The molecule has 2 unspecified atom stereocenters. The molecule has 0 amide bonds. The molecule has 15 heavy (non-hydrogen) atoms. The van der Waals surface area contributed by atoms with E-state index in [2.05, 4.69) is 4.74 Å². The highest BCUT2D eigenvalue weighted by Crippen LogP contribution is 2.39. The van der Waals surface area contributed by atoms with Gasteiger partial charge >= 0.3 is 6.36 Å². The van der Waals surface area contributed by atoms with E-state index in [1.807, 2.05) is 0 Å². The van der Waals surface area contributed by atoms with Gasteiger partial charge in [-0.1, -0.05) is 12.1 Å². The molecule has 1 fully saturated rings. The van der Waals surface area contributed by atoms with Crippen molar-refractivity contribution in [1.82, 2.24) is 0 Å². The fraction of sp³-hybridized carbons (Fsp3) is 0.400. The predicted octanol–water partition coefficient (Wildman–Crippen LogP) is 2.40. The first-order chi connectivity index (χ1) is 6.96. The fourth-order valence-electron chi connectivity index (χ4n) is 1.51. The second kappa shape index (κ2) is 3.41. The van der Waals surface area contributed by atoms with Crippen LogP contribution in [0.1, 0.15) is 17.9 Å². The quantitative estimate of drug-likeness (QED) is 0.825. The summed E-state index contributed by atoms with van der Waals surface area (Å²) in [7, 11) is 0. The van der Waals surface area contributed by atoms with Crippen LogP contribution in [0, 0.1) is 0 Å². The molecule has 0 aromatic heterocycles. The number of ether oxygens (including phenoxy) is 1. The summed E-state index contributed by atoms with van der Waals surface area (Å²) in [4.78, 5) is 0. The highest BCUT2D eigenvalue weighted by molar-refractivity contribution is 5.33. The Morgan fingerprint density at radius 1 is 1.20 bits per heavy atom. The van der Waals surface area contributed by atoms with Gasteiger partial charge in [0.05, 0.1) is 0 Å². The van der Waals surface area contributed by atoms with E-state index in [0.29, 0.717) is 5.92 Å². The summed E-state index contributed by atoms with van der Waals surface area (Å²) in [6, 6.07) is 6.03. The molecule has 0 radical (unpaired) electrons. The highest BCUT2D eigenvalue weighted by atomic mass is 19.4. The van der Waals surface area contributed by atoms with Crippen LogP contribution >= 0.6 is 0 Å². The van der Waals surface area contributed by atoms with Gasteiger partial charge in [-0.05, 0) is 24.1 Å². The summed E-state index contributed by atoms with van der Waals surface area (Å²) < 4.78 is 39.3. The van der Waals surface area contributed by atoms with E-state index in [9.17, 15) is 13.2 Å². The van der Waals surface area contributed by atoms with Gasteiger partial charge in [0.15, 0.2) is 0 Å². The summed E-state index contributed by atoms with van der Waals surface area (Å²) in [6.07, 6.45) is -3.73. The molecule has 0 aliphatic heterocycles. The minimum absolute atomic E-state index is 0.152. The van der Waals surface area contributed by atoms with Crippen LogP contribution < -0.4 is 10.5 Å². The molecule has 2 N–H and O–H groups in total. The van der Waals surface area contributed by atoms with E-state index in [4.69, 9.17) is 5.73 Å². The molecule has 1 saturated carbocycles. The van der Waals surface area contributed by atoms with E-state index in [1.54, 1.807) is 12.1 Å². The largest absolute Gasteiger partial charge is 0.573 e. The van der Waals surface area contributed by atoms with E-state index >= 15 is 0 Å². The number of benzene rings is 1. The van der Waals surface area contributed by atoms with Gasteiger partial charge in [0.25, 0.3) is 0 Å². The molecule has 0 spiro atoms. The Bertz CT molecular complexity index is 347. The van der Waals surface area contributed by atoms with Crippen molar-refractivity contribution in [3.05, 3.63) is 29.8 Å². The third kappa shape index (κ3) is 2.62. The Balaban J connectivity index is 2.04. The zero-order valence-electron chi connectivity index (χ0n) is 7.79. The van der Waals surface area contributed by atoms with Gasteiger partial charge in [-0.25, -0.2) is 0 Å². The number of hydrogen-bond donors (Lipinski definition) is 1. The standard InChI is InChI=1S/C10H10F3NO/c11-10(12,13)15-7-3-1-6(2-4-7)8-5-9(8)14/h1-4,8-9H,5,14H2. The Morgan fingerprint density at radius 2 is 1.73 bits per heavy atom. The second-order valence-corrected chi connectivity index (χ2v) is 3.62. The lowest BCUT2D eigenvalue weighted by molar-refractivity contribution is -0.274. The molecule has 0 heterocycles. The van der Waals surface area contributed by atoms with Gasteiger partial charge < -0.3 is 10.5 Å². The Labute approximate surface area is 84.8 Å². The van der Waals surface area contributed by atoms with Gasteiger partial charge in [-0.15, -0.1) is 13.2 Å². The molecule has 1 aliphatic rings. The maximum Gasteiger partial charge on any atom is 0.573 e. The number of hydrogen-bond acceptors (Lipinski definition) is 2.